The highest BCUT2D eigenvalue weighted by Gasteiger charge is 2.16. The quantitative estimate of drug-likeness (QED) is 0.884. The Balaban J connectivity index is 1.49. The molecule has 6 nitrogen and oxygen atoms in total. The van der Waals surface area contributed by atoms with Crippen molar-refractivity contribution in [1.82, 2.24) is 20.1 Å². The third-order valence-electron chi connectivity index (χ3n) is 4.28. The molecule has 0 aliphatic heterocycles. The van der Waals surface area contributed by atoms with E-state index in [1.807, 2.05) is 36.7 Å². The lowest BCUT2D eigenvalue weighted by atomic mass is 10.3. The van der Waals surface area contributed by atoms with E-state index in [-0.39, 0.29) is 18.6 Å². The number of nitrogens with zero attached hydrogens (tertiary/aromatic N) is 3. The molecule has 0 unspecified atom stereocenters. The fourth-order valence-electron chi connectivity index (χ4n) is 3.01. The van der Waals surface area contributed by atoms with Gasteiger partial charge in [0.05, 0.1) is 11.8 Å². The summed E-state index contributed by atoms with van der Waals surface area (Å²) in [5.74, 6) is 0.699. The highest BCUT2D eigenvalue weighted by atomic mass is 16.5. The number of hydrogen-bond acceptors (Lipinski definition) is 4. The summed E-state index contributed by atoms with van der Waals surface area (Å²) in [6.45, 7) is 4.56. The Hall–Kier alpha value is -2.21. The molecule has 0 radical (unpaired) electrons. The Morgan fingerprint density at radius 3 is 2.75 bits per heavy atom. The van der Waals surface area contributed by atoms with Crippen LogP contribution in [0.5, 0.6) is 0 Å². The van der Waals surface area contributed by atoms with E-state index in [0.717, 1.165) is 35.6 Å². The predicted molar refractivity (Wildman–Crippen MR) is 90.9 cm³/mol. The van der Waals surface area contributed by atoms with Gasteiger partial charge in [-0.25, -0.2) is 9.67 Å². The van der Waals surface area contributed by atoms with E-state index in [0.29, 0.717) is 6.54 Å². The van der Waals surface area contributed by atoms with Crippen LogP contribution in [0.2, 0.25) is 0 Å². The molecule has 0 spiro atoms. The largest absolute Gasteiger partial charge is 0.368 e. The summed E-state index contributed by atoms with van der Waals surface area (Å²) in [6.07, 6.45) is 6.59. The fourth-order valence-corrected chi connectivity index (χ4v) is 3.01. The van der Waals surface area contributed by atoms with Crippen molar-refractivity contribution in [1.29, 1.82) is 0 Å². The van der Waals surface area contributed by atoms with E-state index in [2.05, 4.69) is 15.4 Å². The molecule has 2 aromatic rings. The molecule has 6 heteroatoms. The number of pyridine rings is 1. The van der Waals surface area contributed by atoms with Gasteiger partial charge in [0, 0.05) is 18.4 Å². The van der Waals surface area contributed by atoms with Gasteiger partial charge in [0.25, 0.3) is 0 Å². The molecule has 128 valence electrons. The first-order chi connectivity index (χ1) is 11.6. The van der Waals surface area contributed by atoms with Crippen molar-refractivity contribution in [2.24, 2.45) is 0 Å². The number of amides is 1. The molecule has 0 atom stereocenters. The number of aromatic nitrogens is 3. The Bertz CT molecular complexity index is 688. The van der Waals surface area contributed by atoms with Crippen LogP contribution < -0.4 is 5.32 Å². The standard InChI is InChI=1S/C18H24N4O2/c1-13-9-14(2)22(21-13)17-8-7-15(10-19-17)11-20-18(23)12-24-16-5-3-4-6-16/h7-10,16H,3-6,11-12H2,1-2H3,(H,20,23). The second-order valence-electron chi connectivity index (χ2n) is 6.36. The second-order valence-corrected chi connectivity index (χ2v) is 6.36. The summed E-state index contributed by atoms with van der Waals surface area (Å²) in [4.78, 5) is 16.3. The first kappa shape index (κ1) is 16.6. The van der Waals surface area contributed by atoms with E-state index in [1.165, 1.54) is 12.8 Å². The van der Waals surface area contributed by atoms with Crippen molar-refractivity contribution in [2.75, 3.05) is 6.61 Å². The van der Waals surface area contributed by atoms with E-state index in [1.54, 1.807) is 6.20 Å². The van der Waals surface area contributed by atoms with Gasteiger partial charge < -0.3 is 10.1 Å². The van der Waals surface area contributed by atoms with Crippen LogP contribution in [0.3, 0.4) is 0 Å². The highest BCUT2D eigenvalue weighted by Crippen LogP contribution is 2.20. The third-order valence-corrected chi connectivity index (χ3v) is 4.28. The van der Waals surface area contributed by atoms with Crippen LogP contribution in [0, 0.1) is 13.8 Å². The van der Waals surface area contributed by atoms with Crippen molar-refractivity contribution in [3.63, 3.8) is 0 Å². The summed E-state index contributed by atoms with van der Waals surface area (Å²) in [7, 11) is 0. The molecule has 2 aromatic heterocycles. The smallest absolute Gasteiger partial charge is 0.246 e. The van der Waals surface area contributed by atoms with Crippen LogP contribution in [-0.2, 0) is 16.1 Å². The summed E-state index contributed by atoms with van der Waals surface area (Å²) >= 11 is 0. The first-order valence-corrected chi connectivity index (χ1v) is 8.48. The zero-order valence-corrected chi connectivity index (χ0v) is 14.3. The van der Waals surface area contributed by atoms with Crippen LogP contribution in [0.15, 0.2) is 24.4 Å². The van der Waals surface area contributed by atoms with Crippen LogP contribution in [-0.4, -0.2) is 33.4 Å². The van der Waals surface area contributed by atoms with Gasteiger partial charge in [-0.15, -0.1) is 0 Å². The number of nitrogens with one attached hydrogen (secondary N) is 1. The molecule has 1 aliphatic carbocycles. The van der Waals surface area contributed by atoms with Crippen molar-refractivity contribution >= 4 is 5.91 Å². The highest BCUT2D eigenvalue weighted by molar-refractivity contribution is 5.77. The lowest BCUT2D eigenvalue weighted by Crippen LogP contribution is -2.28. The minimum atomic E-state index is -0.0791. The molecule has 2 heterocycles. The lowest BCUT2D eigenvalue weighted by Gasteiger charge is -2.11. The van der Waals surface area contributed by atoms with Crippen LogP contribution >= 0.6 is 0 Å². The molecule has 0 aromatic carbocycles. The molecule has 3 rings (SSSR count). The number of carbonyl (C=O) groups is 1. The van der Waals surface area contributed by atoms with Crippen LogP contribution in [0.4, 0.5) is 0 Å². The minimum absolute atomic E-state index is 0.0791. The van der Waals surface area contributed by atoms with Crippen molar-refractivity contribution in [3.05, 3.63) is 41.3 Å². The molecular formula is C18H24N4O2. The summed E-state index contributed by atoms with van der Waals surface area (Å²) < 4.78 is 7.42. The molecule has 1 fully saturated rings. The first-order valence-electron chi connectivity index (χ1n) is 8.48. The van der Waals surface area contributed by atoms with Crippen LogP contribution in [0.1, 0.15) is 42.6 Å². The molecule has 1 aliphatic rings. The number of carbonyl (C=O) groups excluding carboxylic acids is 1. The molecule has 1 amide bonds. The van der Waals surface area contributed by atoms with Gasteiger partial charge in [0.2, 0.25) is 5.91 Å². The lowest BCUT2D eigenvalue weighted by molar-refractivity contribution is -0.127. The van der Waals surface area contributed by atoms with Gasteiger partial charge in [-0.1, -0.05) is 18.9 Å². The third kappa shape index (κ3) is 4.20. The number of ether oxygens (including phenoxy) is 1. The van der Waals surface area contributed by atoms with Crippen molar-refractivity contribution < 1.29 is 9.53 Å². The average Bonchev–Trinajstić information content (AvgIpc) is 3.21. The van der Waals surface area contributed by atoms with Gasteiger partial charge in [-0.2, -0.15) is 5.10 Å². The Labute approximate surface area is 142 Å². The van der Waals surface area contributed by atoms with Crippen molar-refractivity contribution in [3.8, 4) is 5.82 Å². The fraction of sp³-hybridized carbons (Fsp3) is 0.500. The summed E-state index contributed by atoms with van der Waals surface area (Å²) in [5, 5.41) is 7.29. The number of rotatable bonds is 6. The zero-order valence-electron chi connectivity index (χ0n) is 14.3. The number of aryl methyl sites for hydroxylation is 2. The maximum Gasteiger partial charge on any atom is 0.246 e. The molecule has 24 heavy (non-hydrogen) atoms. The van der Waals surface area contributed by atoms with E-state index in [9.17, 15) is 4.79 Å². The number of hydrogen-bond donors (Lipinski definition) is 1. The molecular weight excluding hydrogens is 304 g/mol. The second kappa shape index (κ2) is 7.57. The van der Waals surface area contributed by atoms with Gasteiger partial charge in [0.15, 0.2) is 5.82 Å². The monoisotopic (exact) mass is 328 g/mol. The zero-order chi connectivity index (χ0) is 16.9. The topological polar surface area (TPSA) is 69.0 Å². The Morgan fingerprint density at radius 1 is 1.33 bits per heavy atom. The van der Waals surface area contributed by atoms with Crippen LogP contribution in [0.25, 0.3) is 5.82 Å². The summed E-state index contributed by atoms with van der Waals surface area (Å²) in [6, 6.07) is 5.88. The molecule has 1 saturated carbocycles. The van der Waals surface area contributed by atoms with E-state index >= 15 is 0 Å². The molecule has 1 N–H and O–H groups in total. The Morgan fingerprint density at radius 2 is 2.12 bits per heavy atom. The minimum Gasteiger partial charge on any atom is -0.368 e. The van der Waals surface area contributed by atoms with Gasteiger partial charge >= 0.3 is 0 Å². The maximum absolute atomic E-state index is 11.8. The SMILES string of the molecule is Cc1cc(C)n(-c2ccc(CNC(=O)COC3CCCC3)cn2)n1. The average molecular weight is 328 g/mol. The normalized spacial score (nSPS) is 14.9. The predicted octanol–water partition coefficient (Wildman–Crippen LogP) is 2.46. The van der Waals surface area contributed by atoms with Crippen molar-refractivity contribution in [2.45, 2.75) is 52.2 Å². The van der Waals surface area contributed by atoms with E-state index < -0.39 is 0 Å². The summed E-state index contributed by atoms with van der Waals surface area (Å²) in [5.41, 5.74) is 2.97. The van der Waals surface area contributed by atoms with Gasteiger partial charge in [0.1, 0.15) is 6.61 Å². The van der Waals surface area contributed by atoms with E-state index in [4.69, 9.17) is 4.74 Å². The molecule has 0 bridgehead atoms. The Kier molecular flexibility index (Phi) is 5.25. The van der Waals surface area contributed by atoms with Gasteiger partial charge in [-0.3, -0.25) is 4.79 Å². The van der Waals surface area contributed by atoms with Gasteiger partial charge in [-0.05, 0) is 44.4 Å². The maximum atomic E-state index is 11.8. The molecule has 0 saturated heterocycles.